The Morgan fingerprint density at radius 3 is 3.20 bits per heavy atom. The molecule has 15 heavy (non-hydrogen) atoms. The molecule has 3 nitrogen and oxygen atoms in total. The van der Waals surface area contributed by atoms with E-state index in [1.807, 2.05) is 0 Å². The maximum atomic E-state index is 4.11. The monoisotopic (exact) mass is 257 g/mol. The highest BCUT2D eigenvalue weighted by Crippen LogP contribution is 2.17. The molecule has 2 heterocycles. The number of thiophene rings is 1. The van der Waals surface area contributed by atoms with Crippen molar-refractivity contribution in [2.24, 2.45) is 0 Å². The van der Waals surface area contributed by atoms with Gasteiger partial charge in [0.15, 0.2) is 4.34 Å². The molecule has 2 rings (SSSR count). The summed E-state index contributed by atoms with van der Waals surface area (Å²) in [7, 11) is 0. The number of hydrogen-bond donors (Lipinski definition) is 1. The van der Waals surface area contributed by atoms with E-state index in [1.54, 1.807) is 29.4 Å². The van der Waals surface area contributed by atoms with Crippen LogP contribution in [0.1, 0.15) is 4.88 Å². The molecule has 0 saturated carbocycles. The summed E-state index contributed by atoms with van der Waals surface area (Å²) in [6.07, 6.45) is 1.60. The van der Waals surface area contributed by atoms with Crippen LogP contribution in [0.15, 0.2) is 28.2 Å². The molecule has 0 aromatic carbocycles. The molecular weight excluding hydrogens is 246 g/mol. The third kappa shape index (κ3) is 3.90. The molecule has 2 aromatic heterocycles. The maximum Gasteiger partial charge on any atom is 0.169 e. The van der Waals surface area contributed by atoms with Crippen LogP contribution in [0, 0.1) is 0 Å². The van der Waals surface area contributed by atoms with Gasteiger partial charge in [0, 0.05) is 23.7 Å². The Morgan fingerprint density at radius 2 is 2.47 bits per heavy atom. The van der Waals surface area contributed by atoms with E-state index in [4.69, 9.17) is 0 Å². The first-order valence-electron chi connectivity index (χ1n) is 4.58. The van der Waals surface area contributed by atoms with E-state index < -0.39 is 0 Å². The topological polar surface area (TPSA) is 37.8 Å². The minimum Gasteiger partial charge on any atom is -0.311 e. The van der Waals surface area contributed by atoms with Crippen LogP contribution in [0.4, 0.5) is 0 Å². The zero-order valence-corrected chi connectivity index (χ0v) is 10.5. The molecule has 0 unspecified atom stereocenters. The summed E-state index contributed by atoms with van der Waals surface area (Å²) in [6, 6.07) is 4.23. The van der Waals surface area contributed by atoms with Crippen molar-refractivity contribution in [1.82, 2.24) is 14.7 Å². The van der Waals surface area contributed by atoms with Crippen LogP contribution >= 0.6 is 34.6 Å². The van der Waals surface area contributed by atoms with Gasteiger partial charge < -0.3 is 5.32 Å². The van der Waals surface area contributed by atoms with Crippen molar-refractivity contribution in [3.05, 3.63) is 28.7 Å². The molecule has 80 valence electrons. The Kier molecular flexibility index (Phi) is 4.59. The summed E-state index contributed by atoms with van der Waals surface area (Å²) in [5.41, 5.74) is 0. The Balaban J connectivity index is 1.56. The second kappa shape index (κ2) is 6.22. The van der Waals surface area contributed by atoms with Crippen LogP contribution in [0.5, 0.6) is 0 Å². The Morgan fingerprint density at radius 1 is 1.47 bits per heavy atom. The van der Waals surface area contributed by atoms with E-state index in [-0.39, 0.29) is 0 Å². The number of hydrogen-bond acceptors (Lipinski definition) is 6. The molecule has 0 aliphatic heterocycles. The van der Waals surface area contributed by atoms with Gasteiger partial charge in [0.25, 0.3) is 0 Å². The Labute approximate surface area is 101 Å². The SMILES string of the molecule is c1csc(CNCCSc2ncns2)c1. The van der Waals surface area contributed by atoms with E-state index in [0.29, 0.717) is 0 Å². The van der Waals surface area contributed by atoms with E-state index in [1.165, 1.54) is 16.4 Å². The second-order valence-electron chi connectivity index (χ2n) is 2.81. The van der Waals surface area contributed by atoms with Gasteiger partial charge in [-0.1, -0.05) is 17.8 Å². The number of rotatable bonds is 6. The average molecular weight is 257 g/mol. The van der Waals surface area contributed by atoms with Gasteiger partial charge in [-0.15, -0.1) is 11.3 Å². The lowest BCUT2D eigenvalue weighted by Gasteiger charge is -2.00. The van der Waals surface area contributed by atoms with Gasteiger partial charge in [-0.3, -0.25) is 0 Å². The third-order valence-corrected chi connectivity index (χ3v) is 4.40. The van der Waals surface area contributed by atoms with Crippen LogP contribution < -0.4 is 5.32 Å². The predicted octanol–water partition coefficient (Wildman–Crippen LogP) is 2.48. The van der Waals surface area contributed by atoms with Crippen molar-refractivity contribution in [3.63, 3.8) is 0 Å². The first-order valence-corrected chi connectivity index (χ1v) is 7.21. The van der Waals surface area contributed by atoms with Gasteiger partial charge >= 0.3 is 0 Å². The molecule has 1 N–H and O–H groups in total. The molecule has 0 fully saturated rings. The summed E-state index contributed by atoms with van der Waals surface area (Å²) in [5, 5.41) is 5.50. The highest BCUT2D eigenvalue weighted by molar-refractivity contribution is 8.00. The van der Waals surface area contributed by atoms with Crippen LogP contribution in [-0.2, 0) is 6.54 Å². The van der Waals surface area contributed by atoms with Crippen LogP contribution in [0.3, 0.4) is 0 Å². The second-order valence-corrected chi connectivity index (χ2v) is 5.97. The summed E-state index contributed by atoms with van der Waals surface area (Å²) in [4.78, 5) is 5.49. The lowest BCUT2D eigenvalue weighted by atomic mass is 10.4. The molecular formula is C9H11N3S3. The first kappa shape index (κ1) is 11.1. The minimum absolute atomic E-state index is 0.967. The number of aromatic nitrogens is 2. The summed E-state index contributed by atoms with van der Waals surface area (Å²) >= 11 is 4.99. The van der Waals surface area contributed by atoms with Gasteiger partial charge in [-0.05, 0) is 23.0 Å². The minimum atomic E-state index is 0.967. The zero-order valence-electron chi connectivity index (χ0n) is 8.05. The van der Waals surface area contributed by atoms with E-state index in [0.717, 1.165) is 23.2 Å². The van der Waals surface area contributed by atoms with Crippen molar-refractivity contribution in [2.75, 3.05) is 12.3 Å². The third-order valence-electron chi connectivity index (χ3n) is 1.72. The Bertz CT molecular complexity index is 322. The molecule has 0 bridgehead atoms. The zero-order chi connectivity index (χ0) is 10.3. The average Bonchev–Trinajstić information content (AvgIpc) is 2.88. The molecule has 0 atom stereocenters. The molecule has 0 amide bonds. The fraction of sp³-hybridized carbons (Fsp3) is 0.333. The number of thioether (sulfide) groups is 1. The standard InChI is InChI=1S/C9H11N3S3/c1-2-8(13-4-1)6-10-3-5-14-9-11-7-12-15-9/h1-2,4,7,10H,3,5-6H2. The predicted molar refractivity (Wildman–Crippen MR) is 66.7 cm³/mol. The van der Waals surface area contributed by atoms with Gasteiger partial charge in [0.2, 0.25) is 0 Å². The summed E-state index contributed by atoms with van der Waals surface area (Å²) in [6.45, 7) is 1.97. The van der Waals surface area contributed by atoms with Gasteiger partial charge in [0.05, 0.1) is 0 Å². The molecule has 0 aliphatic rings. The van der Waals surface area contributed by atoms with Crippen LogP contribution in [0.2, 0.25) is 0 Å². The number of nitrogens with zero attached hydrogens (tertiary/aromatic N) is 2. The Hall–Kier alpha value is -0.430. The van der Waals surface area contributed by atoms with Crippen molar-refractivity contribution in [1.29, 1.82) is 0 Å². The normalized spacial score (nSPS) is 10.7. The van der Waals surface area contributed by atoms with Gasteiger partial charge in [0.1, 0.15) is 6.33 Å². The maximum absolute atomic E-state index is 4.11. The van der Waals surface area contributed by atoms with Gasteiger partial charge in [-0.25, -0.2) is 4.98 Å². The van der Waals surface area contributed by atoms with E-state index in [9.17, 15) is 0 Å². The fourth-order valence-electron chi connectivity index (χ4n) is 1.06. The molecule has 0 aliphatic carbocycles. The van der Waals surface area contributed by atoms with E-state index in [2.05, 4.69) is 32.2 Å². The van der Waals surface area contributed by atoms with Gasteiger partial charge in [-0.2, -0.15) is 4.37 Å². The fourth-order valence-corrected chi connectivity index (χ4v) is 3.15. The quantitative estimate of drug-likeness (QED) is 0.637. The molecule has 0 saturated heterocycles. The lowest BCUT2D eigenvalue weighted by Crippen LogP contribution is -2.15. The largest absolute Gasteiger partial charge is 0.311 e. The smallest absolute Gasteiger partial charge is 0.169 e. The number of nitrogens with one attached hydrogen (secondary N) is 1. The molecule has 0 spiro atoms. The van der Waals surface area contributed by atoms with Crippen molar-refractivity contribution in [2.45, 2.75) is 10.9 Å². The summed E-state index contributed by atoms with van der Waals surface area (Å²) in [5.74, 6) is 1.04. The highest BCUT2D eigenvalue weighted by Gasteiger charge is 1.97. The summed E-state index contributed by atoms with van der Waals surface area (Å²) < 4.78 is 5.00. The first-order chi connectivity index (χ1) is 7.45. The molecule has 0 radical (unpaired) electrons. The van der Waals surface area contributed by atoms with Crippen LogP contribution in [0.25, 0.3) is 0 Å². The van der Waals surface area contributed by atoms with E-state index >= 15 is 0 Å². The molecule has 6 heteroatoms. The van der Waals surface area contributed by atoms with Crippen molar-refractivity contribution >= 4 is 34.6 Å². The lowest BCUT2D eigenvalue weighted by molar-refractivity contribution is 0.741. The highest BCUT2D eigenvalue weighted by atomic mass is 32.2. The molecule has 2 aromatic rings. The van der Waals surface area contributed by atoms with Crippen LogP contribution in [-0.4, -0.2) is 21.7 Å². The van der Waals surface area contributed by atoms with Crippen molar-refractivity contribution in [3.8, 4) is 0 Å². The van der Waals surface area contributed by atoms with Crippen molar-refractivity contribution < 1.29 is 0 Å².